The van der Waals surface area contributed by atoms with Crippen molar-refractivity contribution in [2.75, 3.05) is 33.4 Å². The first kappa shape index (κ1) is 16.5. The second-order valence-electron chi connectivity index (χ2n) is 5.31. The Labute approximate surface area is 132 Å². The van der Waals surface area contributed by atoms with Gasteiger partial charge >= 0.3 is 0 Å². The van der Waals surface area contributed by atoms with Gasteiger partial charge < -0.3 is 20.1 Å². The van der Waals surface area contributed by atoms with E-state index < -0.39 is 0 Å². The summed E-state index contributed by atoms with van der Waals surface area (Å²) in [7, 11) is 1.76. The maximum atomic E-state index is 5.69. The molecule has 1 saturated carbocycles. The van der Waals surface area contributed by atoms with E-state index in [1.165, 1.54) is 12.8 Å². The quantitative estimate of drug-likeness (QED) is 0.412. The van der Waals surface area contributed by atoms with Gasteiger partial charge in [-0.1, -0.05) is 0 Å². The Morgan fingerprint density at radius 3 is 3.00 bits per heavy atom. The molecule has 1 fully saturated rings. The molecule has 0 aromatic carbocycles. The maximum absolute atomic E-state index is 5.69. The van der Waals surface area contributed by atoms with Crippen molar-refractivity contribution >= 4 is 5.96 Å². The fourth-order valence-electron chi connectivity index (χ4n) is 1.92. The number of aliphatic imine (C=N–C) groups is 1. The minimum Gasteiger partial charge on any atom is -0.477 e. The summed E-state index contributed by atoms with van der Waals surface area (Å²) in [6.45, 7) is 5.58. The molecule has 1 aliphatic rings. The zero-order valence-electron chi connectivity index (χ0n) is 13.5. The number of aromatic nitrogens is 1. The van der Waals surface area contributed by atoms with Gasteiger partial charge in [0.15, 0.2) is 5.96 Å². The molecule has 0 radical (unpaired) electrons. The van der Waals surface area contributed by atoms with E-state index in [1.54, 1.807) is 13.2 Å². The summed E-state index contributed by atoms with van der Waals surface area (Å²) in [5.74, 6) is 2.19. The minimum absolute atomic E-state index is 0.672. The van der Waals surface area contributed by atoms with Crippen molar-refractivity contribution in [3.05, 3.63) is 23.9 Å². The lowest BCUT2D eigenvalue weighted by atomic mass is 10.2. The Morgan fingerprint density at radius 2 is 2.27 bits per heavy atom. The van der Waals surface area contributed by atoms with Gasteiger partial charge in [-0.05, 0) is 37.3 Å². The van der Waals surface area contributed by atoms with Gasteiger partial charge in [0.2, 0.25) is 5.88 Å². The van der Waals surface area contributed by atoms with Crippen LogP contribution in [0.3, 0.4) is 0 Å². The van der Waals surface area contributed by atoms with Gasteiger partial charge in [-0.25, -0.2) is 4.98 Å². The number of guanidine groups is 1. The van der Waals surface area contributed by atoms with E-state index in [4.69, 9.17) is 9.47 Å². The van der Waals surface area contributed by atoms with Crippen LogP contribution < -0.4 is 15.4 Å². The molecule has 0 unspecified atom stereocenters. The van der Waals surface area contributed by atoms with Crippen LogP contribution in [0.1, 0.15) is 25.3 Å². The molecule has 122 valence electrons. The summed E-state index contributed by atoms with van der Waals surface area (Å²) in [4.78, 5) is 8.43. The minimum atomic E-state index is 0.672. The number of hydrogen-bond donors (Lipinski definition) is 2. The van der Waals surface area contributed by atoms with Gasteiger partial charge in [0.05, 0.1) is 13.2 Å². The van der Waals surface area contributed by atoms with Crippen molar-refractivity contribution in [3.63, 3.8) is 0 Å². The standard InChI is InChI=1S/C16H26N4O2/c1-3-21-9-8-19-16(17-2)20-11-14-6-7-18-15(10-14)22-12-13-4-5-13/h6-7,10,13H,3-5,8-9,11-12H2,1-2H3,(H2,17,19,20). The molecule has 0 saturated heterocycles. The molecule has 0 amide bonds. The van der Waals surface area contributed by atoms with Crippen LogP contribution in [0.15, 0.2) is 23.3 Å². The summed E-state index contributed by atoms with van der Waals surface area (Å²) in [6, 6.07) is 3.95. The zero-order valence-corrected chi connectivity index (χ0v) is 13.5. The van der Waals surface area contributed by atoms with Crippen molar-refractivity contribution in [3.8, 4) is 5.88 Å². The summed E-state index contributed by atoms with van der Waals surface area (Å²) < 4.78 is 11.0. The molecular weight excluding hydrogens is 280 g/mol. The molecule has 22 heavy (non-hydrogen) atoms. The smallest absolute Gasteiger partial charge is 0.213 e. The number of pyridine rings is 1. The van der Waals surface area contributed by atoms with Crippen molar-refractivity contribution in [1.82, 2.24) is 15.6 Å². The third-order valence-corrected chi connectivity index (χ3v) is 3.39. The highest BCUT2D eigenvalue weighted by Gasteiger charge is 2.22. The van der Waals surface area contributed by atoms with Crippen LogP contribution in [0.2, 0.25) is 0 Å². The molecule has 1 heterocycles. The maximum Gasteiger partial charge on any atom is 0.213 e. The van der Waals surface area contributed by atoms with E-state index >= 15 is 0 Å². The molecule has 0 aliphatic heterocycles. The van der Waals surface area contributed by atoms with E-state index in [2.05, 4.69) is 20.6 Å². The van der Waals surface area contributed by atoms with Crippen molar-refractivity contribution in [2.45, 2.75) is 26.3 Å². The normalized spacial score (nSPS) is 14.7. The fourth-order valence-corrected chi connectivity index (χ4v) is 1.92. The van der Waals surface area contributed by atoms with Crippen molar-refractivity contribution in [2.24, 2.45) is 10.9 Å². The molecule has 0 spiro atoms. The first-order chi connectivity index (χ1) is 10.8. The zero-order chi connectivity index (χ0) is 15.6. The topological polar surface area (TPSA) is 67.8 Å². The van der Waals surface area contributed by atoms with Crippen LogP contribution in [0.5, 0.6) is 5.88 Å². The Balaban J connectivity index is 1.73. The van der Waals surface area contributed by atoms with Gasteiger partial charge in [0.25, 0.3) is 0 Å². The third-order valence-electron chi connectivity index (χ3n) is 3.39. The predicted octanol–water partition coefficient (Wildman–Crippen LogP) is 1.57. The number of nitrogens with one attached hydrogen (secondary N) is 2. The monoisotopic (exact) mass is 306 g/mol. The van der Waals surface area contributed by atoms with Crippen molar-refractivity contribution in [1.29, 1.82) is 0 Å². The van der Waals surface area contributed by atoms with E-state index in [9.17, 15) is 0 Å². The lowest BCUT2D eigenvalue weighted by Gasteiger charge is -2.12. The second-order valence-corrected chi connectivity index (χ2v) is 5.31. The van der Waals surface area contributed by atoms with E-state index in [0.29, 0.717) is 19.0 Å². The molecule has 0 bridgehead atoms. The summed E-state index contributed by atoms with van der Waals surface area (Å²) >= 11 is 0. The average molecular weight is 306 g/mol. The highest BCUT2D eigenvalue weighted by molar-refractivity contribution is 5.79. The van der Waals surface area contributed by atoms with Gasteiger partial charge in [-0.2, -0.15) is 0 Å². The first-order valence-electron chi connectivity index (χ1n) is 7.91. The Morgan fingerprint density at radius 1 is 1.41 bits per heavy atom. The Hall–Kier alpha value is -1.82. The van der Waals surface area contributed by atoms with Crippen molar-refractivity contribution < 1.29 is 9.47 Å². The van der Waals surface area contributed by atoms with Crippen LogP contribution in [0.25, 0.3) is 0 Å². The summed E-state index contributed by atoms with van der Waals surface area (Å²) in [6.07, 6.45) is 4.35. The molecule has 1 aromatic rings. The Bertz CT molecular complexity index is 475. The molecular formula is C16H26N4O2. The van der Waals surface area contributed by atoms with Crippen LogP contribution in [0, 0.1) is 5.92 Å². The third kappa shape index (κ3) is 6.30. The Kier molecular flexibility index (Phi) is 6.96. The van der Waals surface area contributed by atoms with Gasteiger partial charge in [-0.15, -0.1) is 0 Å². The largest absolute Gasteiger partial charge is 0.477 e. The molecule has 6 heteroatoms. The van der Waals surface area contributed by atoms with Gasteiger partial charge in [0, 0.05) is 39.0 Å². The first-order valence-corrected chi connectivity index (χ1v) is 7.91. The van der Waals surface area contributed by atoms with E-state index in [1.807, 2.05) is 19.1 Å². The van der Waals surface area contributed by atoms with E-state index in [0.717, 1.165) is 37.2 Å². The lowest BCUT2D eigenvalue weighted by molar-refractivity contribution is 0.152. The predicted molar refractivity (Wildman–Crippen MR) is 87.2 cm³/mol. The van der Waals surface area contributed by atoms with Gasteiger partial charge in [-0.3, -0.25) is 4.99 Å². The summed E-state index contributed by atoms with van der Waals surface area (Å²) in [5, 5.41) is 6.47. The molecule has 2 N–H and O–H groups in total. The molecule has 1 aliphatic carbocycles. The molecule has 6 nitrogen and oxygen atoms in total. The number of nitrogens with zero attached hydrogens (tertiary/aromatic N) is 2. The molecule has 2 rings (SSSR count). The van der Waals surface area contributed by atoms with Crippen LogP contribution in [-0.4, -0.2) is 44.4 Å². The fraction of sp³-hybridized carbons (Fsp3) is 0.625. The number of rotatable bonds is 9. The van der Waals surface area contributed by atoms with Crippen LogP contribution >= 0.6 is 0 Å². The molecule has 1 aromatic heterocycles. The lowest BCUT2D eigenvalue weighted by Crippen LogP contribution is -2.38. The number of hydrogen-bond acceptors (Lipinski definition) is 4. The summed E-state index contributed by atoms with van der Waals surface area (Å²) in [5.41, 5.74) is 1.12. The molecule has 0 atom stereocenters. The average Bonchev–Trinajstić information content (AvgIpc) is 3.37. The van der Waals surface area contributed by atoms with E-state index in [-0.39, 0.29) is 0 Å². The highest BCUT2D eigenvalue weighted by atomic mass is 16.5. The van der Waals surface area contributed by atoms with Gasteiger partial charge in [0.1, 0.15) is 0 Å². The SMILES string of the molecule is CCOCCNC(=NC)NCc1ccnc(OCC2CC2)c1. The number of ether oxygens (including phenoxy) is 2. The van der Waals surface area contributed by atoms with Crippen LogP contribution in [-0.2, 0) is 11.3 Å². The second kappa shape index (κ2) is 9.25. The van der Waals surface area contributed by atoms with Crippen LogP contribution in [0.4, 0.5) is 0 Å². The highest BCUT2D eigenvalue weighted by Crippen LogP contribution is 2.29.